The van der Waals surface area contributed by atoms with Crippen molar-refractivity contribution in [2.75, 3.05) is 5.32 Å². The summed E-state index contributed by atoms with van der Waals surface area (Å²) in [5, 5.41) is 10.3. The zero-order valence-electron chi connectivity index (χ0n) is 15.3. The molecule has 0 saturated heterocycles. The van der Waals surface area contributed by atoms with Gasteiger partial charge in [0.2, 0.25) is 5.89 Å². The maximum Gasteiger partial charge on any atom is 0.231 e. The fourth-order valence-corrected chi connectivity index (χ4v) is 2.85. The van der Waals surface area contributed by atoms with Crippen LogP contribution in [0, 0.1) is 6.92 Å². The summed E-state index contributed by atoms with van der Waals surface area (Å²) in [4.78, 5) is 9.36. The van der Waals surface area contributed by atoms with Gasteiger partial charge in [0.15, 0.2) is 5.58 Å². The van der Waals surface area contributed by atoms with Crippen molar-refractivity contribution in [1.29, 1.82) is 0 Å². The zero-order valence-corrected chi connectivity index (χ0v) is 15.3. The number of benzene rings is 1. The van der Waals surface area contributed by atoms with Crippen LogP contribution < -0.4 is 5.32 Å². The largest absolute Gasteiger partial charge is 0.436 e. The third kappa shape index (κ3) is 3.06. The van der Waals surface area contributed by atoms with E-state index >= 15 is 0 Å². The summed E-state index contributed by atoms with van der Waals surface area (Å²) in [6.07, 6.45) is 5.44. The Bertz CT molecular complexity index is 1060. The molecule has 132 valence electrons. The number of nitrogens with one attached hydrogen (secondary N) is 2. The standard InChI is InChI=1S/C20H21N5O/c1-12-6-5-7-16-17(12)24-19(26-16)15-8-13(14-10-22-23-11-14)9-21-18(15)25-20(2,3)4/h5-11H,1-4H3,(H,21,25)(H,22,23). The molecule has 0 aliphatic carbocycles. The van der Waals surface area contributed by atoms with Crippen LogP contribution in [0.25, 0.3) is 33.7 Å². The van der Waals surface area contributed by atoms with Crippen LogP contribution >= 0.6 is 0 Å². The fourth-order valence-electron chi connectivity index (χ4n) is 2.85. The van der Waals surface area contributed by atoms with Crippen LogP contribution in [-0.2, 0) is 0 Å². The van der Waals surface area contributed by atoms with Crippen molar-refractivity contribution in [3.05, 3.63) is 48.4 Å². The van der Waals surface area contributed by atoms with Crippen molar-refractivity contribution < 1.29 is 4.42 Å². The van der Waals surface area contributed by atoms with E-state index in [-0.39, 0.29) is 5.54 Å². The first-order chi connectivity index (χ1) is 12.4. The normalized spacial score (nSPS) is 11.8. The number of anilines is 1. The maximum absolute atomic E-state index is 6.05. The number of nitrogens with zero attached hydrogens (tertiary/aromatic N) is 3. The number of aryl methyl sites for hydroxylation is 1. The van der Waals surface area contributed by atoms with Gasteiger partial charge in [-0.15, -0.1) is 0 Å². The summed E-state index contributed by atoms with van der Waals surface area (Å²) in [6.45, 7) is 8.32. The molecule has 0 radical (unpaired) electrons. The number of H-pyrrole nitrogens is 1. The fraction of sp³-hybridized carbons (Fsp3) is 0.250. The molecule has 6 nitrogen and oxygen atoms in total. The Balaban J connectivity index is 1.90. The van der Waals surface area contributed by atoms with E-state index in [1.807, 2.05) is 43.6 Å². The molecule has 6 heteroatoms. The van der Waals surface area contributed by atoms with E-state index in [2.05, 4.69) is 41.3 Å². The van der Waals surface area contributed by atoms with Crippen LogP contribution in [0.3, 0.4) is 0 Å². The lowest BCUT2D eigenvalue weighted by atomic mass is 10.1. The van der Waals surface area contributed by atoms with E-state index in [1.54, 1.807) is 6.20 Å². The molecule has 0 amide bonds. The first kappa shape index (κ1) is 16.3. The average Bonchev–Trinajstić information content (AvgIpc) is 3.24. The quantitative estimate of drug-likeness (QED) is 0.556. The number of rotatable bonds is 3. The molecule has 0 saturated carbocycles. The van der Waals surface area contributed by atoms with Crippen LogP contribution in [0.15, 0.2) is 47.3 Å². The molecule has 0 aliphatic rings. The monoisotopic (exact) mass is 347 g/mol. The van der Waals surface area contributed by atoms with Gasteiger partial charge in [0, 0.05) is 29.1 Å². The number of oxazole rings is 1. The molecular formula is C20H21N5O. The number of aromatic nitrogens is 4. The minimum absolute atomic E-state index is 0.138. The molecule has 2 N–H and O–H groups in total. The van der Waals surface area contributed by atoms with Crippen molar-refractivity contribution in [2.24, 2.45) is 0 Å². The molecule has 26 heavy (non-hydrogen) atoms. The van der Waals surface area contributed by atoms with Gasteiger partial charge in [-0.1, -0.05) is 12.1 Å². The van der Waals surface area contributed by atoms with Crippen LogP contribution in [0.4, 0.5) is 5.82 Å². The molecular weight excluding hydrogens is 326 g/mol. The Morgan fingerprint density at radius 1 is 1.12 bits per heavy atom. The summed E-state index contributed by atoms with van der Waals surface area (Å²) in [5.74, 6) is 1.30. The van der Waals surface area contributed by atoms with Crippen molar-refractivity contribution in [3.8, 4) is 22.6 Å². The third-order valence-corrected chi connectivity index (χ3v) is 4.06. The minimum Gasteiger partial charge on any atom is -0.436 e. The first-order valence-corrected chi connectivity index (χ1v) is 8.55. The van der Waals surface area contributed by atoms with Gasteiger partial charge >= 0.3 is 0 Å². The number of fused-ring (bicyclic) bond motifs is 1. The van der Waals surface area contributed by atoms with Crippen molar-refractivity contribution in [3.63, 3.8) is 0 Å². The second-order valence-corrected chi connectivity index (χ2v) is 7.42. The predicted octanol–water partition coefficient (Wildman–Crippen LogP) is 4.80. The van der Waals surface area contributed by atoms with Crippen LogP contribution in [0.5, 0.6) is 0 Å². The van der Waals surface area contributed by atoms with E-state index in [4.69, 9.17) is 9.40 Å². The lowest BCUT2D eigenvalue weighted by molar-refractivity contribution is 0.614. The first-order valence-electron chi connectivity index (χ1n) is 8.55. The molecule has 0 unspecified atom stereocenters. The molecule has 0 fully saturated rings. The Hall–Kier alpha value is -3.15. The Morgan fingerprint density at radius 3 is 2.65 bits per heavy atom. The molecule has 4 rings (SSSR count). The molecule has 0 atom stereocenters. The number of para-hydroxylation sites is 1. The average molecular weight is 347 g/mol. The Morgan fingerprint density at radius 2 is 1.96 bits per heavy atom. The van der Waals surface area contributed by atoms with Gasteiger partial charge in [0.1, 0.15) is 11.3 Å². The van der Waals surface area contributed by atoms with Crippen LogP contribution in [-0.4, -0.2) is 25.7 Å². The van der Waals surface area contributed by atoms with Gasteiger partial charge in [0.05, 0.1) is 11.8 Å². The minimum atomic E-state index is -0.138. The number of aromatic amines is 1. The third-order valence-electron chi connectivity index (χ3n) is 4.06. The second-order valence-electron chi connectivity index (χ2n) is 7.42. The molecule has 1 aromatic carbocycles. The van der Waals surface area contributed by atoms with E-state index < -0.39 is 0 Å². The van der Waals surface area contributed by atoms with Crippen molar-refractivity contribution in [1.82, 2.24) is 20.2 Å². The highest BCUT2D eigenvalue weighted by Gasteiger charge is 2.19. The lowest BCUT2D eigenvalue weighted by Crippen LogP contribution is -2.27. The molecule has 0 aliphatic heterocycles. The van der Waals surface area contributed by atoms with Crippen molar-refractivity contribution in [2.45, 2.75) is 33.2 Å². The van der Waals surface area contributed by atoms with Crippen molar-refractivity contribution >= 4 is 16.9 Å². The molecule has 3 aromatic heterocycles. The van der Waals surface area contributed by atoms with Gasteiger partial charge in [-0.2, -0.15) is 5.10 Å². The molecule has 4 aromatic rings. The summed E-state index contributed by atoms with van der Waals surface area (Å²) < 4.78 is 6.05. The predicted molar refractivity (Wildman–Crippen MR) is 103 cm³/mol. The van der Waals surface area contributed by atoms with E-state index in [9.17, 15) is 0 Å². The summed E-state index contributed by atoms with van der Waals surface area (Å²) in [6, 6.07) is 7.97. The maximum atomic E-state index is 6.05. The van der Waals surface area contributed by atoms with Crippen LogP contribution in [0.1, 0.15) is 26.3 Å². The summed E-state index contributed by atoms with van der Waals surface area (Å²) in [5.41, 5.74) is 5.34. The number of hydrogen-bond acceptors (Lipinski definition) is 5. The van der Waals surface area contributed by atoms with Gasteiger partial charge in [0.25, 0.3) is 0 Å². The van der Waals surface area contributed by atoms with Gasteiger partial charge < -0.3 is 9.73 Å². The molecule has 0 spiro atoms. The summed E-state index contributed by atoms with van der Waals surface area (Å²) in [7, 11) is 0. The van der Waals surface area contributed by atoms with Gasteiger partial charge in [-0.3, -0.25) is 5.10 Å². The van der Waals surface area contributed by atoms with E-state index in [0.717, 1.165) is 39.2 Å². The van der Waals surface area contributed by atoms with E-state index in [1.165, 1.54) is 0 Å². The highest BCUT2D eigenvalue weighted by molar-refractivity contribution is 5.83. The summed E-state index contributed by atoms with van der Waals surface area (Å²) >= 11 is 0. The second kappa shape index (κ2) is 5.98. The smallest absolute Gasteiger partial charge is 0.231 e. The van der Waals surface area contributed by atoms with Crippen LogP contribution in [0.2, 0.25) is 0 Å². The van der Waals surface area contributed by atoms with E-state index in [0.29, 0.717) is 5.89 Å². The Labute approximate surface area is 151 Å². The zero-order chi connectivity index (χ0) is 18.3. The van der Waals surface area contributed by atoms with Gasteiger partial charge in [-0.25, -0.2) is 9.97 Å². The molecule has 3 heterocycles. The Kier molecular flexibility index (Phi) is 3.76. The SMILES string of the molecule is Cc1cccc2oc(-c3cc(-c4cn[nH]c4)cnc3NC(C)(C)C)nc12. The highest BCUT2D eigenvalue weighted by atomic mass is 16.3. The molecule has 0 bridgehead atoms. The highest BCUT2D eigenvalue weighted by Crippen LogP contribution is 2.34. The topological polar surface area (TPSA) is 79.6 Å². The number of pyridine rings is 1. The van der Waals surface area contributed by atoms with Gasteiger partial charge in [-0.05, 0) is 45.4 Å². The lowest BCUT2D eigenvalue weighted by Gasteiger charge is -2.22. The number of hydrogen-bond donors (Lipinski definition) is 2.